The molecule has 3 aromatic rings. The number of benzene rings is 3. The molecule has 1 aliphatic rings. The molecule has 2 amide bonds. The van der Waals surface area contributed by atoms with Gasteiger partial charge in [-0.1, -0.05) is 54.6 Å². The fourth-order valence-electron chi connectivity index (χ4n) is 4.54. The van der Waals surface area contributed by atoms with Crippen LogP contribution in [0.15, 0.2) is 72.8 Å². The molecule has 33 heavy (non-hydrogen) atoms. The summed E-state index contributed by atoms with van der Waals surface area (Å²) in [6.07, 6.45) is 3.47. The summed E-state index contributed by atoms with van der Waals surface area (Å²) < 4.78 is 27.9. The van der Waals surface area contributed by atoms with Gasteiger partial charge in [0, 0.05) is 12.6 Å². The van der Waals surface area contributed by atoms with Crippen molar-refractivity contribution < 1.29 is 13.6 Å². The van der Waals surface area contributed by atoms with Crippen LogP contribution in [0.5, 0.6) is 0 Å². The van der Waals surface area contributed by atoms with E-state index in [0.717, 1.165) is 60.3 Å². The number of carbonyl (C=O) groups is 1. The lowest BCUT2D eigenvalue weighted by Gasteiger charge is -2.32. The number of carbonyl (C=O) groups excluding carboxylic acids is 1. The number of halogens is 2. The summed E-state index contributed by atoms with van der Waals surface area (Å²) in [5, 5.41) is 0. The second-order valence-corrected chi connectivity index (χ2v) is 8.75. The minimum Gasteiger partial charge on any atom is -0.351 e. The predicted molar refractivity (Wildman–Crippen MR) is 127 cm³/mol. The van der Waals surface area contributed by atoms with E-state index in [-0.39, 0.29) is 12.2 Å². The molecule has 6 heteroatoms. The van der Waals surface area contributed by atoms with E-state index in [2.05, 4.69) is 41.3 Å². The molecule has 4 nitrogen and oxygen atoms in total. The number of urea groups is 1. The van der Waals surface area contributed by atoms with Gasteiger partial charge in [0.25, 0.3) is 0 Å². The van der Waals surface area contributed by atoms with Crippen molar-refractivity contribution in [2.45, 2.75) is 32.4 Å². The maximum Gasteiger partial charge on any atom is 0.319 e. The fraction of sp³-hybridized carbons (Fsp3) is 0.296. The number of rotatable bonds is 7. The smallest absolute Gasteiger partial charge is 0.319 e. The Morgan fingerprint density at radius 1 is 0.909 bits per heavy atom. The molecule has 0 radical (unpaired) electrons. The Labute approximate surface area is 193 Å². The number of amides is 2. The molecule has 0 unspecified atom stereocenters. The van der Waals surface area contributed by atoms with Crippen molar-refractivity contribution in [1.29, 1.82) is 0 Å². The third-order valence-corrected chi connectivity index (χ3v) is 6.28. The van der Waals surface area contributed by atoms with E-state index in [0.29, 0.717) is 5.92 Å². The van der Waals surface area contributed by atoms with Gasteiger partial charge >= 0.3 is 6.03 Å². The van der Waals surface area contributed by atoms with Crippen molar-refractivity contribution in [3.8, 4) is 0 Å². The second kappa shape index (κ2) is 10.6. The number of anilines is 1. The monoisotopic (exact) mass is 449 g/mol. The van der Waals surface area contributed by atoms with Crippen molar-refractivity contribution in [3.05, 3.63) is 101 Å². The summed E-state index contributed by atoms with van der Waals surface area (Å²) in [5.41, 5.74) is 8.66. The van der Waals surface area contributed by atoms with Crippen LogP contribution >= 0.6 is 0 Å². The molecule has 0 aromatic heterocycles. The van der Waals surface area contributed by atoms with Crippen molar-refractivity contribution in [1.82, 2.24) is 4.90 Å². The standard InChI is InChI=1S/C27H29F2N3O/c28-24-9-10-25(29)26(17-24)32(27(30)33)19-23-8-4-7-22(16-23)18-31-13-11-21(12-14-31)15-20-5-2-1-3-6-20/h1-10,16-17,21H,11-15,18-19H2,(H2,30,33). The van der Waals surface area contributed by atoms with E-state index in [1.807, 2.05) is 18.2 Å². The predicted octanol–water partition coefficient (Wildman–Crippen LogP) is 5.50. The molecule has 1 fully saturated rings. The van der Waals surface area contributed by atoms with Gasteiger partial charge in [0.05, 0.1) is 12.2 Å². The summed E-state index contributed by atoms with van der Waals surface area (Å²) in [4.78, 5) is 15.5. The number of nitrogens with two attached hydrogens (primary N) is 1. The van der Waals surface area contributed by atoms with Gasteiger partial charge in [-0.05, 0) is 67.1 Å². The van der Waals surface area contributed by atoms with Gasteiger partial charge in [-0.3, -0.25) is 9.80 Å². The first-order chi connectivity index (χ1) is 16.0. The molecular weight excluding hydrogens is 420 g/mol. The number of likely N-dealkylation sites (tertiary alicyclic amines) is 1. The zero-order valence-corrected chi connectivity index (χ0v) is 18.6. The number of hydrogen-bond acceptors (Lipinski definition) is 2. The lowest BCUT2D eigenvalue weighted by molar-refractivity contribution is 0.177. The van der Waals surface area contributed by atoms with Crippen LogP contribution < -0.4 is 10.6 Å². The average molecular weight is 450 g/mol. The Balaban J connectivity index is 1.37. The average Bonchev–Trinajstić information content (AvgIpc) is 2.81. The van der Waals surface area contributed by atoms with E-state index >= 15 is 0 Å². The van der Waals surface area contributed by atoms with E-state index in [4.69, 9.17) is 5.73 Å². The molecule has 172 valence electrons. The molecule has 0 saturated carbocycles. The Morgan fingerprint density at radius 3 is 2.33 bits per heavy atom. The first-order valence-corrected chi connectivity index (χ1v) is 11.3. The van der Waals surface area contributed by atoms with Crippen molar-refractivity contribution in [2.75, 3.05) is 18.0 Å². The second-order valence-electron chi connectivity index (χ2n) is 8.75. The highest BCUT2D eigenvalue weighted by atomic mass is 19.1. The summed E-state index contributed by atoms with van der Waals surface area (Å²) in [6.45, 7) is 2.98. The Morgan fingerprint density at radius 2 is 1.61 bits per heavy atom. The highest BCUT2D eigenvalue weighted by molar-refractivity contribution is 5.90. The number of primary amides is 1. The summed E-state index contributed by atoms with van der Waals surface area (Å²) in [7, 11) is 0. The van der Waals surface area contributed by atoms with Gasteiger partial charge in [0.2, 0.25) is 0 Å². The Hall–Kier alpha value is -3.25. The quantitative estimate of drug-likeness (QED) is 0.517. The molecular formula is C27H29F2N3O. The third kappa shape index (κ3) is 6.17. The molecule has 0 atom stereocenters. The van der Waals surface area contributed by atoms with Crippen molar-refractivity contribution >= 4 is 11.7 Å². The molecule has 3 aromatic carbocycles. The van der Waals surface area contributed by atoms with Gasteiger partial charge < -0.3 is 5.73 Å². The largest absolute Gasteiger partial charge is 0.351 e. The molecule has 1 heterocycles. The molecule has 1 saturated heterocycles. The molecule has 1 aliphatic heterocycles. The van der Waals surface area contributed by atoms with Gasteiger partial charge in [0.15, 0.2) is 0 Å². The zero-order valence-electron chi connectivity index (χ0n) is 18.6. The number of piperidine rings is 1. The lowest BCUT2D eigenvalue weighted by Crippen LogP contribution is -2.36. The third-order valence-electron chi connectivity index (χ3n) is 6.28. The van der Waals surface area contributed by atoms with Gasteiger partial charge in [-0.25, -0.2) is 13.6 Å². The Bertz CT molecular complexity index is 1080. The van der Waals surface area contributed by atoms with Gasteiger partial charge in [-0.15, -0.1) is 0 Å². The van der Waals surface area contributed by atoms with Gasteiger partial charge in [0.1, 0.15) is 11.6 Å². The minimum absolute atomic E-state index is 0.0721. The zero-order chi connectivity index (χ0) is 23.2. The summed E-state index contributed by atoms with van der Waals surface area (Å²) in [5.74, 6) is -0.605. The molecule has 0 aliphatic carbocycles. The maximum atomic E-state index is 14.2. The highest BCUT2D eigenvalue weighted by Gasteiger charge is 2.21. The van der Waals surface area contributed by atoms with Crippen molar-refractivity contribution in [3.63, 3.8) is 0 Å². The minimum atomic E-state index is -0.828. The van der Waals surface area contributed by atoms with E-state index in [1.165, 1.54) is 18.4 Å². The molecule has 2 N–H and O–H groups in total. The normalized spacial score (nSPS) is 14.8. The lowest BCUT2D eigenvalue weighted by atomic mass is 9.90. The van der Waals surface area contributed by atoms with E-state index < -0.39 is 17.7 Å². The number of nitrogens with zero attached hydrogens (tertiary/aromatic N) is 2. The highest BCUT2D eigenvalue weighted by Crippen LogP contribution is 2.25. The SMILES string of the molecule is NC(=O)N(Cc1cccc(CN2CCC(Cc3ccccc3)CC2)c1)c1cc(F)ccc1F. The van der Waals surface area contributed by atoms with Gasteiger partial charge in [-0.2, -0.15) is 0 Å². The summed E-state index contributed by atoms with van der Waals surface area (Å²) in [6, 6.07) is 20.7. The fourth-order valence-corrected chi connectivity index (χ4v) is 4.54. The van der Waals surface area contributed by atoms with Crippen molar-refractivity contribution in [2.24, 2.45) is 11.7 Å². The van der Waals surface area contributed by atoms with E-state index in [9.17, 15) is 13.6 Å². The van der Waals surface area contributed by atoms with Crippen LogP contribution in [0.2, 0.25) is 0 Å². The van der Waals surface area contributed by atoms with E-state index in [1.54, 1.807) is 0 Å². The maximum absolute atomic E-state index is 14.2. The first-order valence-electron chi connectivity index (χ1n) is 11.3. The molecule has 0 spiro atoms. The van der Waals surface area contributed by atoms with Crippen LogP contribution in [-0.2, 0) is 19.5 Å². The summed E-state index contributed by atoms with van der Waals surface area (Å²) >= 11 is 0. The van der Waals surface area contributed by atoms with Crippen LogP contribution in [-0.4, -0.2) is 24.0 Å². The van der Waals surface area contributed by atoms with Crippen LogP contribution in [0.25, 0.3) is 0 Å². The first kappa shape index (κ1) is 22.9. The molecule has 4 rings (SSSR count). The van der Waals surface area contributed by atoms with Crippen LogP contribution in [0.1, 0.15) is 29.5 Å². The topological polar surface area (TPSA) is 49.6 Å². The van der Waals surface area contributed by atoms with Crippen LogP contribution in [0.3, 0.4) is 0 Å². The number of hydrogen-bond donors (Lipinski definition) is 1. The Kier molecular flexibility index (Phi) is 7.35. The van der Waals surface area contributed by atoms with Crippen LogP contribution in [0.4, 0.5) is 19.3 Å². The van der Waals surface area contributed by atoms with Crippen LogP contribution in [0, 0.1) is 17.6 Å². The molecule has 0 bridgehead atoms.